The SMILES string of the molecule is CN1CCC(NS(=O)(=O)c2cccc(Cl)c2)(C(N)=S)CC1. The highest BCUT2D eigenvalue weighted by Crippen LogP contribution is 2.25. The summed E-state index contributed by atoms with van der Waals surface area (Å²) in [6.45, 7) is 1.46. The van der Waals surface area contributed by atoms with Gasteiger partial charge in [0, 0.05) is 18.1 Å². The second-order valence-corrected chi connectivity index (χ2v) is 7.87. The second-order valence-electron chi connectivity index (χ2n) is 5.31. The van der Waals surface area contributed by atoms with Crippen molar-refractivity contribution in [2.75, 3.05) is 20.1 Å². The number of hydrogen-bond acceptors (Lipinski definition) is 4. The molecule has 0 unspecified atom stereocenters. The Hall–Kier alpha value is -0.730. The minimum absolute atomic E-state index is 0.115. The first-order valence-corrected chi connectivity index (χ1v) is 8.80. The lowest BCUT2D eigenvalue weighted by molar-refractivity contribution is 0.220. The van der Waals surface area contributed by atoms with Crippen molar-refractivity contribution in [1.82, 2.24) is 9.62 Å². The molecule has 1 aliphatic heterocycles. The quantitative estimate of drug-likeness (QED) is 0.804. The fraction of sp³-hybridized carbons (Fsp3) is 0.462. The maximum Gasteiger partial charge on any atom is 0.241 e. The Morgan fingerprint density at radius 2 is 2.05 bits per heavy atom. The summed E-state index contributed by atoms with van der Waals surface area (Å²) in [5.74, 6) is 0. The van der Waals surface area contributed by atoms with Crippen molar-refractivity contribution in [3.63, 3.8) is 0 Å². The molecule has 5 nitrogen and oxygen atoms in total. The standard InChI is InChI=1S/C13H18ClN3O2S2/c1-17-7-5-13(6-8-17,12(15)20)16-21(18,19)11-4-2-3-10(14)9-11/h2-4,9,16H,5-8H2,1H3,(H2,15,20). The molecule has 3 N–H and O–H groups in total. The van der Waals surface area contributed by atoms with E-state index in [9.17, 15) is 8.42 Å². The van der Waals surface area contributed by atoms with Crippen LogP contribution < -0.4 is 10.5 Å². The molecule has 0 spiro atoms. The molecule has 0 bridgehead atoms. The lowest BCUT2D eigenvalue weighted by Crippen LogP contribution is -2.61. The summed E-state index contributed by atoms with van der Waals surface area (Å²) >= 11 is 11.0. The number of piperidine rings is 1. The lowest BCUT2D eigenvalue weighted by Gasteiger charge is -2.40. The summed E-state index contributed by atoms with van der Waals surface area (Å²) in [7, 11) is -1.74. The van der Waals surface area contributed by atoms with Crippen LogP contribution in [0.25, 0.3) is 0 Å². The van der Waals surface area contributed by atoms with Gasteiger partial charge in [-0.15, -0.1) is 0 Å². The smallest absolute Gasteiger partial charge is 0.241 e. The predicted octanol–water partition coefficient (Wildman–Crippen LogP) is 1.37. The second kappa shape index (κ2) is 6.18. The zero-order valence-electron chi connectivity index (χ0n) is 11.7. The van der Waals surface area contributed by atoms with Crippen LogP contribution in [-0.4, -0.2) is 44.0 Å². The molecule has 0 radical (unpaired) electrons. The third kappa shape index (κ3) is 3.73. The molecule has 21 heavy (non-hydrogen) atoms. The van der Waals surface area contributed by atoms with Crippen LogP contribution in [0.15, 0.2) is 29.2 Å². The van der Waals surface area contributed by atoms with Crippen molar-refractivity contribution >= 4 is 38.8 Å². The number of nitrogens with two attached hydrogens (primary N) is 1. The van der Waals surface area contributed by atoms with Crippen LogP contribution >= 0.6 is 23.8 Å². The highest BCUT2D eigenvalue weighted by Gasteiger charge is 2.40. The molecule has 8 heteroatoms. The van der Waals surface area contributed by atoms with E-state index < -0.39 is 15.6 Å². The molecule has 0 amide bonds. The summed E-state index contributed by atoms with van der Waals surface area (Å²) in [6.07, 6.45) is 1.11. The van der Waals surface area contributed by atoms with Gasteiger partial charge in [0.15, 0.2) is 0 Å². The van der Waals surface area contributed by atoms with Gasteiger partial charge in [-0.05, 0) is 38.1 Å². The van der Waals surface area contributed by atoms with Crippen LogP contribution in [0, 0.1) is 0 Å². The van der Waals surface area contributed by atoms with Gasteiger partial charge in [0.25, 0.3) is 0 Å². The van der Waals surface area contributed by atoms with Gasteiger partial charge in [0.1, 0.15) is 0 Å². The molecule has 1 heterocycles. The van der Waals surface area contributed by atoms with E-state index in [1.54, 1.807) is 12.1 Å². The van der Waals surface area contributed by atoms with Gasteiger partial charge in [-0.3, -0.25) is 0 Å². The van der Waals surface area contributed by atoms with E-state index in [0.717, 1.165) is 13.1 Å². The first-order valence-electron chi connectivity index (χ1n) is 6.53. The van der Waals surface area contributed by atoms with Crippen molar-refractivity contribution in [3.8, 4) is 0 Å². The molecule has 1 aromatic carbocycles. The maximum absolute atomic E-state index is 12.5. The Kier molecular flexibility index (Phi) is 4.89. The highest BCUT2D eigenvalue weighted by molar-refractivity contribution is 7.89. The van der Waals surface area contributed by atoms with Crippen molar-refractivity contribution in [1.29, 1.82) is 0 Å². The fourth-order valence-electron chi connectivity index (χ4n) is 2.35. The number of rotatable bonds is 4. The average molecular weight is 348 g/mol. The molecule has 0 atom stereocenters. The molecule has 1 aromatic rings. The van der Waals surface area contributed by atoms with Crippen LogP contribution in [-0.2, 0) is 10.0 Å². The first-order chi connectivity index (χ1) is 9.75. The normalized spacial score (nSPS) is 19.3. The van der Waals surface area contributed by atoms with Gasteiger partial charge in [-0.1, -0.05) is 29.9 Å². The van der Waals surface area contributed by atoms with Crippen molar-refractivity contribution in [2.45, 2.75) is 23.3 Å². The molecule has 1 fully saturated rings. The highest BCUT2D eigenvalue weighted by atomic mass is 35.5. The number of benzene rings is 1. The van der Waals surface area contributed by atoms with E-state index in [4.69, 9.17) is 29.6 Å². The topological polar surface area (TPSA) is 75.4 Å². The summed E-state index contributed by atoms with van der Waals surface area (Å²) < 4.78 is 27.8. The lowest BCUT2D eigenvalue weighted by atomic mass is 9.89. The van der Waals surface area contributed by atoms with Gasteiger partial charge in [-0.2, -0.15) is 4.72 Å². The molecule has 0 saturated carbocycles. The molecule has 0 aromatic heterocycles. The van der Waals surface area contributed by atoms with Crippen molar-refractivity contribution in [2.24, 2.45) is 5.73 Å². The van der Waals surface area contributed by atoms with Crippen LogP contribution in [0.2, 0.25) is 5.02 Å². The molecular weight excluding hydrogens is 330 g/mol. The number of likely N-dealkylation sites (tertiary alicyclic amines) is 1. The van der Waals surface area contributed by atoms with Crippen LogP contribution in [0.1, 0.15) is 12.8 Å². The van der Waals surface area contributed by atoms with E-state index in [1.165, 1.54) is 12.1 Å². The zero-order chi connectivity index (χ0) is 15.7. The Labute approximate surface area is 135 Å². The largest absolute Gasteiger partial charge is 0.392 e. The number of sulfonamides is 1. The van der Waals surface area contributed by atoms with Crippen molar-refractivity contribution < 1.29 is 8.42 Å². The number of thiocarbonyl (C=S) groups is 1. The number of halogens is 1. The van der Waals surface area contributed by atoms with E-state index in [0.29, 0.717) is 17.9 Å². The maximum atomic E-state index is 12.5. The Bertz CT molecular complexity index is 641. The minimum Gasteiger partial charge on any atom is -0.392 e. The molecular formula is C13H18ClN3O2S2. The monoisotopic (exact) mass is 347 g/mol. The number of hydrogen-bond donors (Lipinski definition) is 2. The molecule has 0 aliphatic carbocycles. The van der Waals surface area contributed by atoms with Crippen LogP contribution in [0.4, 0.5) is 0 Å². The predicted molar refractivity (Wildman–Crippen MR) is 88.0 cm³/mol. The third-order valence-electron chi connectivity index (χ3n) is 3.75. The first kappa shape index (κ1) is 16.6. The Morgan fingerprint density at radius 1 is 1.43 bits per heavy atom. The summed E-state index contributed by atoms with van der Waals surface area (Å²) in [4.78, 5) is 2.41. The summed E-state index contributed by atoms with van der Waals surface area (Å²) in [5.41, 5.74) is 4.95. The van der Waals surface area contributed by atoms with E-state index in [-0.39, 0.29) is 9.88 Å². The minimum atomic E-state index is -3.72. The van der Waals surface area contributed by atoms with Gasteiger partial charge in [0.05, 0.1) is 15.4 Å². The Balaban J connectivity index is 2.30. The molecule has 1 saturated heterocycles. The summed E-state index contributed by atoms with van der Waals surface area (Å²) in [5, 5.41) is 0.366. The number of nitrogens with zero attached hydrogens (tertiary/aromatic N) is 1. The molecule has 2 rings (SSSR count). The molecule has 1 aliphatic rings. The van der Waals surface area contributed by atoms with Gasteiger partial charge in [0.2, 0.25) is 10.0 Å². The average Bonchev–Trinajstić information content (AvgIpc) is 2.41. The zero-order valence-corrected chi connectivity index (χ0v) is 14.1. The van der Waals surface area contributed by atoms with Crippen LogP contribution in [0.3, 0.4) is 0 Å². The van der Waals surface area contributed by atoms with E-state index in [1.807, 2.05) is 7.05 Å². The summed E-state index contributed by atoms with van der Waals surface area (Å²) in [6, 6.07) is 6.13. The Morgan fingerprint density at radius 3 is 2.57 bits per heavy atom. The van der Waals surface area contributed by atoms with Gasteiger partial charge < -0.3 is 10.6 Å². The van der Waals surface area contributed by atoms with Crippen LogP contribution in [0.5, 0.6) is 0 Å². The van der Waals surface area contributed by atoms with E-state index >= 15 is 0 Å². The molecule has 116 valence electrons. The third-order valence-corrected chi connectivity index (χ3v) is 5.91. The van der Waals surface area contributed by atoms with Crippen molar-refractivity contribution in [3.05, 3.63) is 29.3 Å². The van der Waals surface area contributed by atoms with Gasteiger partial charge in [-0.25, -0.2) is 8.42 Å². The fourth-order valence-corrected chi connectivity index (χ4v) is 4.41. The van der Waals surface area contributed by atoms with E-state index in [2.05, 4.69) is 9.62 Å². The number of nitrogens with one attached hydrogen (secondary N) is 1. The van der Waals surface area contributed by atoms with Gasteiger partial charge >= 0.3 is 0 Å².